The van der Waals surface area contributed by atoms with Crippen molar-refractivity contribution in [3.05, 3.63) is 29.8 Å². The highest BCUT2D eigenvalue weighted by atomic mass is 16.5. The summed E-state index contributed by atoms with van der Waals surface area (Å²) in [6.45, 7) is 3.62. The van der Waals surface area contributed by atoms with Gasteiger partial charge in [0.1, 0.15) is 5.75 Å². The van der Waals surface area contributed by atoms with Gasteiger partial charge >= 0.3 is 0 Å². The van der Waals surface area contributed by atoms with E-state index in [4.69, 9.17) is 9.47 Å². The number of nitrogens with one attached hydrogen (secondary N) is 1. The Hall–Kier alpha value is -2.08. The number of amides is 2. The average molecular weight is 360 g/mol. The lowest BCUT2D eigenvalue weighted by Crippen LogP contribution is -2.43. The zero-order valence-corrected chi connectivity index (χ0v) is 15.4. The summed E-state index contributed by atoms with van der Waals surface area (Å²) >= 11 is 0. The van der Waals surface area contributed by atoms with E-state index in [9.17, 15) is 9.59 Å². The van der Waals surface area contributed by atoms with Crippen molar-refractivity contribution < 1.29 is 19.1 Å². The number of carbonyl (C=O) groups excluding carboxylic acids is 2. The summed E-state index contributed by atoms with van der Waals surface area (Å²) in [6.07, 6.45) is 3.52. The van der Waals surface area contributed by atoms with Gasteiger partial charge in [-0.15, -0.1) is 0 Å². The van der Waals surface area contributed by atoms with E-state index in [1.807, 2.05) is 17.0 Å². The van der Waals surface area contributed by atoms with E-state index in [-0.39, 0.29) is 17.7 Å². The van der Waals surface area contributed by atoms with Crippen molar-refractivity contribution in [2.24, 2.45) is 11.8 Å². The molecule has 2 saturated heterocycles. The van der Waals surface area contributed by atoms with Gasteiger partial charge in [0, 0.05) is 44.3 Å². The molecule has 6 heteroatoms. The predicted molar refractivity (Wildman–Crippen MR) is 98.2 cm³/mol. The Bertz CT molecular complexity index is 620. The Kier molecular flexibility index (Phi) is 6.50. The second kappa shape index (κ2) is 9.03. The number of ether oxygens (including phenoxy) is 2. The van der Waals surface area contributed by atoms with Crippen LogP contribution in [0.5, 0.6) is 5.75 Å². The van der Waals surface area contributed by atoms with Crippen LogP contribution in [-0.4, -0.2) is 56.7 Å². The molecule has 2 aliphatic heterocycles. The molecule has 1 atom stereocenters. The highest BCUT2D eigenvalue weighted by Gasteiger charge is 2.28. The molecule has 2 aliphatic rings. The highest BCUT2D eigenvalue weighted by Crippen LogP contribution is 2.21. The molecule has 2 heterocycles. The molecule has 0 bridgehead atoms. The fourth-order valence-corrected chi connectivity index (χ4v) is 3.64. The Morgan fingerprint density at radius 1 is 1.27 bits per heavy atom. The molecule has 2 amide bonds. The molecule has 1 N–H and O–H groups in total. The first kappa shape index (κ1) is 18.7. The van der Waals surface area contributed by atoms with Gasteiger partial charge in [0.15, 0.2) is 0 Å². The quantitative estimate of drug-likeness (QED) is 0.843. The number of nitrogens with zero attached hydrogens (tertiary/aromatic N) is 1. The first-order valence-corrected chi connectivity index (χ1v) is 9.46. The van der Waals surface area contributed by atoms with Crippen molar-refractivity contribution in [1.29, 1.82) is 0 Å². The van der Waals surface area contributed by atoms with Crippen LogP contribution in [0.3, 0.4) is 0 Å². The normalized spacial score (nSPS) is 20.8. The van der Waals surface area contributed by atoms with Gasteiger partial charge in [-0.2, -0.15) is 0 Å². The monoisotopic (exact) mass is 360 g/mol. The lowest BCUT2D eigenvalue weighted by atomic mass is 9.95. The first-order valence-electron chi connectivity index (χ1n) is 9.46. The number of piperidine rings is 1. The second-order valence-electron chi connectivity index (χ2n) is 7.11. The van der Waals surface area contributed by atoms with Crippen LogP contribution < -0.4 is 10.1 Å². The highest BCUT2D eigenvalue weighted by molar-refractivity contribution is 5.94. The third-order valence-electron chi connectivity index (χ3n) is 5.35. The zero-order valence-electron chi connectivity index (χ0n) is 15.4. The van der Waals surface area contributed by atoms with Crippen molar-refractivity contribution >= 4 is 11.8 Å². The molecule has 2 fully saturated rings. The summed E-state index contributed by atoms with van der Waals surface area (Å²) in [7, 11) is 1.59. The van der Waals surface area contributed by atoms with E-state index < -0.39 is 0 Å². The molecular formula is C20H28N2O4. The minimum atomic E-state index is 0.00370. The largest absolute Gasteiger partial charge is 0.497 e. The third kappa shape index (κ3) is 4.75. The maximum atomic E-state index is 12.6. The Balaban J connectivity index is 1.42. The molecule has 0 aliphatic carbocycles. The average Bonchev–Trinajstić information content (AvgIpc) is 3.21. The van der Waals surface area contributed by atoms with E-state index in [1.165, 1.54) is 0 Å². The number of rotatable bonds is 6. The summed E-state index contributed by atoms with van der Waals surface area (Å²) < 4.78 is 10.5. The van der Waals surface area contributed by atoms with Crippen molar-refractivity contribution in [3.8, 4) is 5.75 Å². The van der Waals surface area contributed by atoms with Gasteiger partial charge < -0.3 is 19.7 Å². The Labute approximate surface area is 154 Å². The zero-order chi connectivity index (χ0) is 18.4. The maximum absolute atomic E-state index is 12.6. The van der Waals surface area contributed by atoms with Gasteiger partial charge in [-0.3, -0.25) is 9.59 Å². The van der Waals surface area contributed by atoms with Crippen LogP contribution in [0.15, 0.2) is 24.3 Å². The molecule has 0 aromatic heterocycles. The molecule has 0 unspecified atom stereocenters. The molecule has 3 rings (SSSR count). The van der Waals surface area contributed by atoms with Gasteiger partial charge in [0.2, 0.25) is 5.91 Å². The molecule has 0 radical (unpaired) electrons. The molecule has 26 heavy (non-hydrogen) atoms. The number of benzene rings is 1. The van der Waals surface area contributed by atoms with Crippen LogP contribution in [0.1, 0.15) is 36.0 Å². The lowest BCUT2D eigenvalue weighted by Gasteiger charge is -2.31. The molecule has 0 saturated carbocycles. The minimum Gasteiger partial charge on any atom is -0.497 e. The Morgan fingerprint density at radius 3 is 2.77 bits per heavy atom. The van der Waals surface area contributed by atoms with Gasteiger partial charge in [0.05, 0.1) is 7.11 Å². The van der Waals surface area contributed by atoms with E-state index in [0.29, 0.717) is 43.2 Å². The SMILES string of the molecule is COc1cccc(C(=O)N2CCC(C(=O)NCC[C@H]3CCOC3)CC2)c1. The number of hydrogen-bond acceptors (Lipinski definition) is 4. The van der Waals surface area contributed by atoms with Gasteiger partial charge in [-0.1, -0.05) is 6.07 Å². The standard InChI is InChI=1S/C20H28N2O4/c1-25-18-4-2-3-17(13-18)20(24)22-10-6-16(7-11-22)19(23)21-9-5-15-8-12-26-14-15/h2-4,13,15-16H,5-12,14H2,1H3,(H,21,23)/t15-/m0/s1. The smallest absolute Gasteiger partial charge is 0.253 e. The Morgan fingerprint density at radius 2 is 2.08 bits per heavy atom. The van der Waals surface area contributed by atoms with Crippen molar-refractivity contribution in [2.75, 3.05) is 40.0 Å². The van der Waals surface area contributed by atoms with Crippen molar-refractivity contribution in [2.45, 2.75) is 25.7 Å². The van der Waals surface area contributed by atoms with Crippen LogP contribution in [0.2, 0.25) is 0 Å². The summed E-state index contributed by atoms with van der Waals surface area (Å²) in [5, 5.41) is 3.06. The minimum absolute atomic E-state index is 0.00370. The van der Waals surface area contributed by atoms with E-state index in [2.05, 4.69) is 5.32 Å². The molecule has 1 aromatic rings. The van der Waals surface area contributed by atoms with Gasteiger partial charge in [-0.05, 0) is 49.8 Å². The predicted octanol–water partition coefficient (Wildman–Crippen LogP) is 2.09. The summed E-state index contributed by atoms with van der Waals surface area (Å²) in [4.78, 5) is 26.8. The topological polar surface area (TPSA) is 67.9 Å². The summed E-state index contributed by atoms with van der Waals surface area (Å²) in [5.74, 6) is 1.39. The summed E-state index contributed by atoms with van der Waals surface area (Å²) in [6, 6.07) is 7.21. The molecule has 0 spiro atoms. The fourth-order valence-electron chi connectivity index (χ4n) is 3.64. The van der Waals surface area contributed by atoms with Crippen LogP contribution in [0.4, 0.5) is 0 Å². The van der Waals surface area contributed by atoms with Gasteiger partial charge in [-0.25, -0.2) is 0 Å². The molecule has 142 valence electrons. The van der Waals surface area contributed by atoms with Crippen molar-refractivity contribution in [3.63, 3.8) is 0 Å². The molecule has 1 aromatic carbocycles. The first-order chi connectivity index (χ1) is 12.7. The van der Waals surface area contributed by atoms with Crippen LogP contribution >= 0.6 is 0 Å². The molecular weight excluding hydrogens is 332 g/mol. The number of methoxy groups -OCH3 is 1. The maximum Gasteiger partial charge on any atom is 0.253 e. The van der Waals surface area contributed by atoms with E-state index in [0.717, 1.165) is 32.6 Å². The second-order valence-corrected chi connectivity index (χ2v) is 7.11. The lowest BCUT2D eigenvalue weighted by molar-refractivity contribution is -0.126. The van der Waals surface area contributed by atoms with Crippen molar-refractivity contribution in [1.82, 2.24) is 10.2 Å². The number of hydrogen-bond donors (Lipinski definition) is 1. The third-order valence-corrected chi connectivity index (χ3v) is 5.35. The van der Waals surface area contributed by atoms with Crippen LogP contribution in [0.25, 0.3) is 0 Å². The molecule has 6 nitrogen and oxygen atoms in total. The van der Waals surface area contributed by atoms with Gasteiger partial charge in [0.25, 0.3) is 5.91 Å². The fraction of sp³-hybridized carbons (Fsp3) is 0.600. The van der Waals surface area contributed by atoms with Crippen LogP contribution in [0, 0.1) is 11.8 Å². The summed E-state index contributed by atoms with van der Waals surface area (Å²) in [5.41, 5.74) is 0.631. The number of likely N-dealkylation sites (tertiary alicyclic amines) is 1. The van der Waals surface area contributed by atoms with E-state index >= 15 is 0 Å². The van der Waals surface area contributed by atoms with Crippen LogP contribution in [-0.2, 0) is 9.53 Å². The van der Waals surface area contributed by atoms with E-state index in [1.54, 1.807) is 19.2 Å². The number of carbonyl (C=O) groups is 2.